The molecule has 5 heteroatoms. The summed E-state index contributed by atoms with van der Waals surface area (Å²) in [5, 5.41) is 0.765. The minimum atomic E-state index is 0.0136. The van der Waals surface area contributed by atoms with Gasteiger partial charge in [-0.1, -0.05) is 36.9 Å². The van der Waals surface area contributed by atoms with Gasteiger partial charge in [0.05, 0.1) is 12.8 Å². The van der Waals surface area contributed by atoms with Crippen LogP contribution >= 0.6 is 11.8 Å². The highest BCUT2D eigenvalue weighted by Gasteiger charge is 2.34. The second-order valence-electron chi connectivity index (χ2n) is 5.51. The van der Waals surface area contributed by atoms with E-state index in [4.69, 9.17) is 4.74 Å². The van der Waals surface area contributed by atoms with Crippen LogP contribution in [0.3, 0.4) is 0 Å². The van der Waals surface area contributed by atoms with Crippen LogP contribution in [0.4, 0.5) is 5.69 Å². The third kappa shape index (κ3) is 3.46. The quantitative estimate of drug-likeness (QED) is 0.831. The molecule has 0 radical (unpaired) electrons. The molecule has 1 heterocycles. The fourth-order valence-electron chi connectivity index (χ4n) is 2.60. The van der Waals surface area contributed by atoms with Crippen LogP contribution in [0, 0.1) is 0 Å². The first-order valence-corrected chi connectivity index (χ1v) is 8.95. The number of amides is 1. The largest absolute Gasteiger partial charge is 0.497 e. The number of ether oxygens (including phenoxy) is 1. The maximum Gasteiger partial charge on any atom is 0.260 e. The lowest BCUT2D eigenvalue weighted by molar-refractivity contribution is 0.0819. The molecule has 0 spiro atoms. The Labute approximate surface area is 146 Å². The molecule has 1 atom stereocenters. The lowest BCUT2D eigenvalue weighted by Crippen LogP contribution is -2.38. The highest BCUT2D eigenvalue weighted by atomic mass is 32.2. The Kier molecular flexibility index (Phi) is 5.20. The molecule has 0 N–H and O–H groups in total. The summed E-state index contributed by atoms with van der Waals surface area (Å²) in [5.41, 5.74) is 1.52. The van der Waals surface area contributed by atoms with Crippen LogP contribution in [0.25, 0.3) is 0 Å². The van der Waals surface area contributed by atoms with E-state index in [1.165, 1.54) is 0 Å². The number of hydrogen-bond donors (Lipinski definition) is 0. The maximum absolute atomic E-state index is 12.9. The minimum absolute atomic E-state index is 0.0136. The topological polar surface area (TPSA) is 41.9 Å². The van der Waals surface area contributed by atoms with Crippen LogP contribution in [0.1, 0.15) is 23.7 Å². The third-order valence-corrected chi connectivity index (χ3v) is 5.08. The standard InChI is InChI=1S/C19H20N2O2S/c1-3-16-13-24-19(20-15-9-11-17(23-2)12-10-15)21(16)18(22)14-7-5-4-6-8-14/h4-12,16H,3,13H2,1-2H3/t16-/m0/s1. The second-order valence-corrected chi connectivity index (χ2v) is 6.49. The molecule has 0 aliphatic carbocycles. The molecule has 3 rings (SSSR count). The number of rotatable bonds is 4. The van der Waals surface area contributed by atoms with Crippen molar-refractivity contribution in [1.82, 2.24) is 4.90 Å². The van der Waals surface area contributed by atoms with Gasteiger partial charge in [0.15, 0.2) is 5.17 Å². The maximum atomic E-state index is 12.9. The van der Waals surface area contributed by atoms with Gasteiger partial charge in [-0.05, 0) is 42.8 Å². The number of nitrogens with zero attached hydrogens (tertiary/aromatic N) is 2. The zero-order valence-corrected chi connectivity index (χ0v) is 14.6. The van der Waals surface area contributed by atoms with Gasteiger partial charge in [-0.3, -0.25) is 9.69 Å². The summed E-state index contributed by atoms with van der Waals surface area (Å²) in [6.45, 7) is 2.10. The smallest absolute Gasteiger partial charge is 0.260 e. The molecule has 0 aromatic heterocycles. The molecule has 4 nitrogen and oxygen atoms in total. The van der Waals surface area contributed by atoms with E-state index in [1.807, 2.05) is 59.5 Å². The van der Waals surface area contributed by atoms with Crippen LogP contribution in [-0.4, -0.2) is 34.9 Å². The molecule has 124 valence electrons. The molecule has 1 saturated heterocycles. The van der Waals surface area contributed by atoms with Gasteiger partial charge in [0, 0.05) is 17.4 Å². The van der Waals surface area contributed by atoms with E-state index in [9.17, 15) is 4.79 Å². The first-order chi connectivity index (χ1) is 11.7. The summed E-state index contributed by atoms with van der Waals surface area (Å²) < 4.78 is 5.17. The molecule has 0 bridgehead atoms. The highest BCUT2D eigenvalue weighted by Crippen LogP contribution is 2.30. The Hall–Kier alpha value is -2.27. The van der Waals surface area contributed by atoms with Gasteiger partial charge in [0.2, 0.25) is 0 Å². The van der Waals surface area contributed by atoms with Gasteiger partial charge in [0.1, 0.15) is 5.75 Å². The van der Waals surface area contributed by atoms with Crippen molar-refractivity contribution < 1.29 is 9.53 Å². The summed E-state index contributed by atoms with van der Waals surface area (Å²) in [6.07, 6.45) is 0.910. The van der Waals surface area contributed by atoms with Crippen LogP contribution in [-0.2, 0) is 0 Å². The normalized spacial score (nSPS) is 18.8. The van der Waals surface area contributed by atoms with Gasteiger partial charge in [-0.15, -0.1) is 0 Å². The molecule has 1 aliphatic rings. The van der Waals surface area contributed by atoms with Crippen molar-refractivity contribution in [3.05, 3.63) is 60.2 Å². The van der Waals surface area contributed by atoms with Gasteiger partial charge >= 0.3 is 0 Å². The molecule has 2 aromatic carbocycles. The van der Waals surface area contributed by atoms with Gasteiger partial charge < -0.3 is 4.74 Å². The van der Waals surface area contributed by atoms with E-state index in [2.05, 4.69) is 11.9 Å². The first kappa shape index (κ1) is 16.6. The van der Waals surface area contributed by atoms with E-state index >= 15 is 0 Å². The van der Waals surface area contributed by atoms with Crippen molar-refractivity contribution >= 4 is 28.5 Å². The van der Waals surface area contributed by atoms with Crippen LogP contribution in [0.5, 0.6) is 5.75 Å². The number of amidine groups is 1. The number of benzene rings is 2. The number of methoxy groups -OCH3 is 1. The predicted molar refractivity (Wildman–Crippen MR) is 99.2 cm³/mol. The summed E-state index contributed by atoms with van der Waals surface area (Å²) in [4.78, 5) is 19.5. The van der Waals surface area contributed by atoms with Crippen molar-refractivity contribution in [1.29, 1.82) is 0 Å². The Bertz CT molecular complexity index is 729. The zero-order valence-electron chi connectivity index (χ0n) is 13.8. The number of carbonyl (C=O) groups is 1. The zero-order chi connectivity index (χ0) is 16.9. The fourth-order valence-corrected chi connectivity index (χ4v) is 3.86. The first-order valence-electron chi connectivity index (χ1n) is 7.97. The minimum Gasteiger partial charge on any atom is -0.497 e. The Morgan fingerprint density at radius 1 is 1.21 bits per heavy atom. The highest BCUT2D eigenvalue weighted by molar-refractivity contribution is 8.14. The number of hydrogen-bond acceptors (Lipinski definition) is 4. The molecule has 0 unspecified atom stereocenters. The summed E-state index contributed by atoms with van der Waals surface area (Å²) in [7, 11) is 1.64. The van der Waals surface area contributed by atoms with Gasteiger partial charge in [-0.2, -0.15) is 0 Å². The molecule has 1 fully saturated rings. The summed E-state index contributed by atoms with van der Waals surface area (Å²) in [5.74, 6) is 1.69. The SMILES string of the molecule is CC[C@H]1CSC(=Nc2ccc(OC)cc2)N1C(=O)c1ccccc1. The molecule has 2 aromatic rings. The average Bonchev–Trinajstić information content (AvgIpc) is 3.05. The molecule has 24 heavy (non-hydrogen) atoms. The van der Waals surface area contributed by atoms with E-state index in [-0.39, 0.29) is 11.9 Å². The van der Waals surface area contributed by atoms with Gasteiger partial charge in [0.25, 0.3) is 5.91 Å². The van der Waals surface area contributed by atoms with E-state index < -0.39 is 0 Å². The number of carbonyl (C=O) groups excluding carboxylic acids is 1. The van der Waals surface area contributed by atoms with Crippen molar-refractivity contribution in [2.45, 2.75) is 19.4 Å². The lowest BCUT2D eigenvalue weighted by Gasteiger charge is -2.23. The van der Waals surface area contributed by atoms with Gasteiger partial charge in [-0.25, -0.2) is 4.99 Å². The van der Waals surface area contributed by atoms with Crippen molar-refractivity contribution in [3.8, 4) is 5.75 Å². The Morgan fingerprint density at radius 3 is 2.54 bits per heavy atom. The van der Waals surface area contributed by atoms with Crippen LogP contribution in [0.2, 0.25) is 0 Å². The van der Waals surface area contributed by atoms with Crippen LogP contribution < -0.4 is 4.74 Å². The molecular formula is C19H20N2O2S. The monoisotopic (exact) mass is 340 g/mol. The fraction of sp³-hybridized carbons (Fsp3) is 0.263. The average molecular weight is 340 g/mol. The van der Waals surface area contributed by atoms with Crippen molar-refractivity contribution in [3.63, 3.8) is 0 Å². The van der Waals surface area contributed by atoms with E-state index in [0.29, 0.717) is 5.56 Å². The summed E-state index contributed by atoms with van der Waals surface area (Å²) >= 11 is 1.63. The molecular weight excluding hydrogens is 320 g/mol. The predicted octanol–water partition coefficient (Wildman–Crippen LogP) is 4.35. The second kappa shape index (κ2) is 7.53. The number of thioether (sulfide) groups is 1. The van der Waals surface area contributed by atoms with Crippen LogP contribution in [0.15, 0.2) is 59.6 Å². The molecule has 0 saturated carbocycles. The molecule has 1 amide bonds. The van der Waals surface area contributed by atoms with E-state index in [0.717, 1.165) is 28.8 Å². The Balaban J connectivity index is 1.90. The van der Waals surface area contributed by atoms with E-state index in [1.54, 1.807) is 18.9 Å². The summed E-state index contributed by atoms with van der Waals surface area (Å²) in [6, 6.07) is 17.1. The Morgan fingerprint density at radius 2 is 1.92 bits per heavy atom. The molecule has 1 aliphatic heterocycles. The third-order valence-electron chi connectivity index (χ3n) is 3.98. The van der Waals surface area contributed by atoms with Crippen molar-refractivity contribution in [2.75, 3.05) is 12.9 Å². The van der Waals surface area contributed by atoms with Crippen molar-refractivity contribution in [2.24, 2.45) is 4.99 Å². The lowest BCUT2D eigenvalue weighted by atomic mass is 10.1. The number of aliphatic imine (C=N–C) groups is 1.